The summed E-state index contributed by atoms with van der Waals surface area (Å²) in [4.78, 5) is 9.69. The van der Waals surface area contributed by atoms with Gasteiger partial charge in [0.25, 0.3) is 0 Å². The van der Waals surface area contributed by atoms with Crippen LogP contribution in [0.15, 0.2) is 67.0 Å². The molecule has 5 nitrogen and oxygen atoms in total. The second-order valence-corrected chi connectivity index (χ2v) is 9.28. The van der Waals surface area contributed by atoms with Gasteiger partial charge in [-0.25, -0.2) is 9.97 Å². The Balaban J connectivity index is 1.58. The van der Waals surface area contributed by atoms with Gasteiger partial charge in [-0.15, -0.1) is 0 Å². The first-order valence-corrected chi connectivity index (χ1v) is 11.6. The van der Waals surface area contributed by atoms with Gasteiger partial charge in [-0.2, -0.15) is 0 Å². The number of aromatic nitrogens is 3. The van der Waals surface area contributed by atoms with Crippen molar-refractivity contribution in [2.45, 2.75) is 57.5 Å². The average Bonchev–Trinajstić information content (AvgIpc) is 3.19. The van der Waals surface area contributed by atoms with Crippen LogP contribution in [-0.4, -0.2) is 26.1 Å². The van der Waals surface area contributed by atoms with E-state index in [1.165, 1.54) is 10.9 Å². The van der Waals surface area contributed by atoms with Gasteiger partial charge in [-0.1, -0.05) is 43.3 Å². The van der Waals surface area contributed by atoms with E-state index >= 15 is 0 Å². The fourth-order valence-corrected chi connectivity index (χ4v) is 4.96. The van der Waals surface area contributed by atoms with Crippen LogP contribution in [-0.2, 0) is 6.42 Å². The van der Waals surface area contributed by atoms with Crippen molar-refractivity contribution in [3.8, 4) is 16.9 Å². The zero-order chi connectivity index (χ0) is 22.1. The molecule has 0 saturated heterocycles. The molecule has 3 N–H and O–H groups in total. The smallest absolute Gasteiger partial charge is 0.223 e. The Morgan fingerprint density at radius 1 is 1.12 bits per heavy atom. The number of anilines is 1. The molecule has 4 aromatic rings. The van der Waals surface area contributed by atoms with Crippen molar-refractivity contribution in [3.05, 3.63) is 72.6 Å². The van der Waals surface area contributed by atoms with Crippen LogP contribution in [0.4, 0.5) is 5.95 Å². The zero-order valence-electron chi connectivity index (χ0n) is 18.9. The van der Waals surface area contributed by atoms with Gasteiger partial charge in [0.15, 0.2) is 0 Å². The van der Waals surface area contributed by atoms with E-state index in [9.17, 15) is 0 Å². The summed E-state index contributed by atoms with van der Waals surface area (Å²) in [5, 5.41) is 4.77. The van der Waals surface area contributed by atoms with E-state index in [1.54, 1.807) is 0 Å². The maximum atomic E-state index is 6.43. The standard InChI is InChI=1S/C27H31N5/c1-3-19-17-29-26(30-20-10-9-15-27(2,28)16-20)31-25(19)23-18-32(21-11-5-4-6-12-21)24-14-8-7-13-22(23)24/h4-8,11-14,17-18,20H,3,9-10,15-16,28H2,1-2H3,(H,29,30,31)/t20-,27+/m1/s1. The highest BCUT2D eigenvalue weighted by molar-refractivity contribution is 5.97. The molecule has 5 heteroatoms. The van der Waals surface area contributed by atoms with E-state index in [2.05, 4.69) is 83.4 Å². The summed E-state index contributed by atoms with van der Waals surface area (Å²) in [5.74, 6) is 0.691. The molecule has 0 bridgehead atoms. The Hall–Kier alpha value is -3.18. The van der Waals surface area contributed by atoms with E-state index in [4.69, 9.17) is 10.7 Å². The van der Waals surface area contributed by atoms with E-state index in [0.717, 1.165) is 54.6 Å². The molecule has 0 spiro atoms. The minimum absolute atomic E-state index is 0.120. The van der Waals surface area contributed by atoms with Crippen molar-refractivity contribution in [1.82, 2.24) is 14.5 Å². The second-order valence-electron chi connectivity index (χ2n) is 9.28. The lowest BCUT2D eigenvalue weighted by Crippen LogP contribution is -2.45. The number of aryl methyl sites for hydroxylation is 1. The second kappa shape index (κ2) is 8.40. The normalized spacial score (nSPS) is 21.0. The molecule has 1 aliphatic carbocycles. The number of hydrogen-bond donors (Lipinski definition) is 2. The number of nitrogens with one attached hydrogen (secondary N) is 1. The quantitative estimate of drug-likeness (QED) is 0.429. The van der Waals surface area contributed by atoms with Crippen LogP contribution in [0.25, 0.3) is 27.8 Å². The topological polar surface area (TPSA) is 68.8 Å². The van der Waals surface area contributed by atoms with Crippen molar-refractivity contribution in [1.29, 1.82) is 0 Å². The lowest BCUT2D eigenvalue weighted by molar-refractivity contribution is 0.302. The third-order valence-corrected chi connectivity index (χ3v) is 6.59. The summed E-state index contributed by atoms with van der Waals surface area (Å²) in [6.45, 7) is 4.30. The van der Waals surface area contributed by atoms with Crippen LogP contribution in [0.5, 0.6) is 0 Å². The van der Waals surface area contributed by atoms with Gasteiger partial charge in [-0.3, -0.25) is 0 Å². The third-order valence-electron chi connectivity index (χ3n) is 6.59. The molecular weight excluding hydrogens is 394 g/mol. The number of para-hydroxylation sites is 2. The average molecular weight is 426 g/mol. The van der Waals surface area contributed by atoms with Gasteiger partial charge in [0.05, 0.1) is 11.2 Å². The van der Waals surface area contributed by atoms with E-state index in [1.807, 2.05) is 12.3 Å². The Bertz CT molecular complexity index is 1230. The molecular formula is C27H31N5. The fraction of sp³-hybridized carbons (Fsp3) is 0.333. The molecule has 164 valence electrons. The number of fused-ring (bicyclic) bond motifs is 1. The predicted molar refractivity (Wildman–Crippen MR) is 132 cm³/mol. The molecule has 2 atom stereocenters. The monoisotopic (exact) mass is 425 g/mol. The van der Waals surface area contributed by atoms with Crippen LogP contribution in [0.3, 0.4) is 0 Å². The predicted octanol–water partition coefficient (Wildman–Crippen LogP) is 5.72. The van der Waals surface area contributed by atoms with Crippen LogP contribution >= 0.6 is 0 Å². The molecule has 1 fully saturated rings. The minimum Gasteiger partial charge on any atom is -0.351 e. The molecule has 0 amide bonds. The summed E-state index contributed by atoms with van der Waals surface area (Å²) in [6.07, 6.45) is 9.32. The minimum atomic E-state index is -0.120. The summed E-state index contributed by atoms with van der Waals surface area (Å²) < 4.78 is 2.25. The molecule has 2 heterocycles. The van der Waals surface area contributed by atoms with Crippen molar-refractivity contribution >= 4 is 16.9 Å². The molecule has 2 aromatic carbocycles. The molecule has 0 radical (unpaired) electrons. The molecule has 0 unspecified atom stereocenters. The first-order chi connectivity index (χ1) is 15.5. The summed E-state index contributed by atoms with van der Waals surface area (Å²) >= 11 is 0. The van der Waals surface area contributed by atoms with Crippen molar-refractivity contribution in [2.75, 3.05) is 5.32 Å². The Morgan fingerprint density at radius 3 is 2.69 bits per heavy atom. The zero-order valence-corrected chi connectivity index (χ0v) is 18.9. The van der Waals surface area contributed by atoms with Gasteiger partial charge in [-0.05, 0) is 62.8 Å². The maximum absolute atomic E-state index is 6.43. The SMILES string of the molecule is CCc1cnc(N[C@@H]2CCC[C@](C)(N)C2)nc1-c1cn(-c2ccccc2)c2ccccc12. The summed E-state index contributed by atoms with van der Waals surface area (Å²) in [5.41, 5.74) is 11.9. The van der Waals surface area contributed by atoms with E-state index < -0.39 is 0 Å². The number of benzene rings is 2. The van der Waals surface area contributed by atoms with Gasteiger partial charge in [0, 0.05) is 40.6 Å². The maximum Gasteiger partial charge on any atom is 0.223 e. The lowest BCUT2D eigenvalue weighted by atomic mass is 9.81. The molecule has 2 aromatic heterocycles. The van der Waals surface area contributed by atoms with Crippen LogP contribution in [0.2, 0.25) is 0 Å². The third kappa shape index (κ3) is 4.00. The highest BCUT2D eigenvalue weighted by atomic mass is 15.1. The van der Waals surface area contributed by atoms with Crippen molar-refractivity contribution in [3.63, 3.8) is 0 Å². The van der Waals surface area contributed by atoms with E-state index in [0.29, 0.717) is 12.0 Å². The molecule has 5 rings (SSSR count). The molecule has 0 aliphatic heterocycles. The van der Waals surface area contributed by atoms with Crippen molar-refractivity contribution in [2.24, 2.45) is 5.73 Å². The Labute approximate surface area is 189 Å². The largest absolute Gasteiger partial charge is 0.351 e. The number of rotatable bonds is 5. The van der Waals surface area contributed by atoms with Gasteiger partial charge >= 0.3 is 0 Å². The van der Waals surface area contributed by atoms with Gasteiger partial charge in [0.1, 0.15) is 0 Å². The Kier molecular flexibility index (Phi) is 5.43. The van der Waals surface area contributed by atoms with Crippen LogP contribution in [0, 0.1) is 0 Å². The number of hydrogen-bond acceptors (Lipinski definition) is 4. The molecule has 32 heavy (non-hydrogen) atoms. The number of nitrogens with zero attached hydrogens (tertiary/aromatic N) is 3. The number of nitrogens with two attached hydrogens (primary N) is 1. The molecule has 1 saturated carbocycles. The summed E-state index contributed by atoms with van der Waals surface area (Å²) in [7, 11) is 0. The first kappa shape index (κ1) is 20.7. The lowest BCUT2D eigenvalue weighted by Gasteiger charge is -2.35. The van der Waals surface area contributed by atoms with E-state index in [-0.39, 0.29) is 5.54 Å². The highest BCUT2D eigenvalue weighted by Gasteiger charge is 2.29. The first-order valence-electron chi connectivity index (χ1n) is 11.6. The summed E-state index contributed by atoms with van der Waals surface area (Å²) in [6, 6.07) is 19.3. The molecule has 1 aliphatic rings. The fourth-order valence-electron chi connectivity index (χ4n) is 4.96. The van der Waals surface area contributed by atoms with Crippen LogP contribution < -0.4 is 11.1 Å². The van der Waals surface area contributed by atoms with Gasteiger partial charge in [0.2, 0.25) is 5.95 Å². The van der Waals surface area contributed by atoms with Crippen molar-refractivity contribution < 1.29 is 0 Å². The van der Waals surface area contributed by atoms with Crippen LogP contribution in [0.1, 0.15) is 45.1 Å². The highest BCUT2D eigenvalue weighted by Crippen LogP contribution is 2.34. The van der Waals surface area contributed by atoms with Gasteiger partial charge < -0.3 is 15.6 Å². The Morgan fingerprint density at radius 2 is 1.91 bits per heavy atom.